The van der Waals surface area contributed by atoms with Gasteiger partial charge in [0.1, 0.15) is 11.3 Å². The summed E-state index contributed by atoms with van der Waals surface area (Å²) in [4.78, 5) is 13.3. The fourth-order valence-electron chi connectivity index (χ4n) is 3.80. The van der Waals surface area contributed by atoms with Crippen LogP contribution in [0.5, 0.6) is 0 Å². The van der Waals surface area contributed by atoms with Crippen LogP contribution in [0.25, 0.3) is 28.0 Å². The molecule has 0 unspecified atom stereocenters. The number of aromatic nitrogens is 5. The first kappa shape index (κ1) is 22.6. The Balaban J connectivity index is 1.61. The third-order valence-electron chi connectivity index (χ3n) is 5.31. The van der Waals surface area contributed by atoms with E-state index >= 15 is 0 Å². The molecular weight excluding hydrogens is 467 g/mol. The number of pyridine rings is 2. The van der Waals surface area contributed by atoms with Crippen molar-refractivity contribution in [1.29, 1.82) is 0 Å². The predicted octanol–water partition coefficient (Wildman–Crippen LogP) is 4.15. The third kappa shape index (κ3) is 5.17. The average molecular weight is 489 g/mol. The molecule has 0 aliphatic rings. The average Bonchev–Trinajstić information content (AvgIpc) is 3.27. The van der Waals surface area contributed by atoms with Crippen molar-refractivity contribution < 1.29 is 12.8 Å². The largest absolute Gasteiger partial charge is 0.363 e. The number of halogens is 1. The van der Waals surface area contributed by atoms with Crippen LogP contribution in [0, 0.1) is 5.82 Å². The van der Waals surface area contributed by atoms with Gasteiger partial charge in [-0.2, -0.15) is 0 Å². The Kier molecular flexibility index (Phi) is 5.96. The number of nitrogens with one attached hydrogen (secondary N) is 1. The number of hydrogen-bond donors (Lipinski definition) is 1. The van der Waals surface area contributed by atoms with Crippen LogP contribution in [0.3, 0.4) is 0 Å². The van der Waals surface area contributed by atoms with E-state index in [1.54, 1.807) is 41.3 Å². The van der Waals surface area contributed by atoms with Crippen molar-refractivity contribution in [3.63, 3.8) is 0 Å². The molecule has 0 atom stereocenters. The summed E-state index contributed by atoms with van der Waals surface area (Å²) in [6.07, 6.45) is 7.82. The zero-order valence-electron chi connectivity index (χ0n) is 18.8. The van der Waals surface area contributed by atoms with E-state index in [1.165, 1.54) is 24.6 Å². The van der Waals surface area contributed by atoms with Crippen molar-refractivity contribution >= 4 is 21.2 Å². The van der Waals surface area contributed by atoms with Crippen molar-refractivity contribution in [1.82, 2.24) is 24.6 Å². The van der Waals surface area contributed by atoms with Gasteiger partial charge in [-0.3, -0.25) is 9.97 Å². The fraction of sp³-hybridized carbons (Fsp3) is 0.120. The predicted molar refractivity (Wildman–Crippen MR) is 132 cm³/mol. The van der Waals surface area contributed by atoms with Crippen molar-refractivity contribution in [2.75, 3.05) is 11.6 Å². The molecule has 10 heteroatoms. The highest BCUT2D eigenvalue weighted by Crippen LogP contribution is 2.31. The molecule has 5 aromatic rings. The second kappa shape index (κ2) is 9.22. The Morgan fingerprint density at radius 1 is 1.03 bits per heavy atom. The smallest absolute Gasteiger partial charge is 0.183 e. The summed E-state index contributed by atoms with van der Waals surface area (Å²) in [5, 5.41) is 8.00. The molecule has 1 N–H and O–H groups in total. The van der Waals surface area contributed by atoms with Gasteiger partial charge in [0.2, 0.25) is 0 Å². The molecule has 1 aromatic carbocycles. The third-order valence-corrected chi connectivity index (χ3v) is 6.17. The summed E-state index contributed by atoms with van der Waals surface area (Å²) in [5.74, 6) is 0.494. The summed E-state index contributed by atoms with van der Waals surface area (Å²) in [6, 6.07) is 15.5. The first-order valence-electron chi connectivity index (χ1n) is 10.8. The van der Waals surface area contributed by atoms with Crippen molar-refractivity contribution in [2.45, 2.75) is 12.3 Å². The van der Waals surface area contributed by atoms with Gasteiger partial charge in [0.15, 0.2) is 21.5 Å². The normalized spacial score (nSPS) is 11.6. The van der Waals surface area contributed by atoms with Crippen LogP contribution in [0.1, 0.15) is 11.3 Å². The van der Waals surface area contributed by atoms with E-state index in [-0.39, 0.29) is 11.6 Å². The van der Waals surface area contributed by atoms with E-state index in [0.717, 1.165) is 22.3 Å². The van der Waals surface area contributed by atoms with Crippen LogP contribution in [0.15, 0.2) is 79.4 Å². The molecule has 0 aliphatic heterocycles. The van der Waals surface area contributed by atoms with Gasteiger partial charge in [-0.1, -0.05) is 18.2 Å². The molecule has 0 saturated carbocycles. The van der Waals surface area contributed by atoms with Gasteiger partial charge in [0.05, 0.1) is 18.0 Å². The lowest BCUT2D eigenvalue weighted by Crippen LogP contribution is -2.08. The number of nitrogens with zero attached hydrogens (tertiary/aromatic N) is 5. The quantitative estimate of drug-likeness (QED) is 0.367. The number of anilines is 1. The molecule has 0 bridgehead atoms. The Morgan fingerprint density at radius 3 is 2.60 bits per heavy atom. The molecule has 0 fully saturated rings. The van der Waals surface area contributed by atoms with Crippen LogP contribution in [-0.2, 0) is 22.1 Å². The van der Waals surface area contributed by atoms with E-state index in [2.05, 4.69) is 20.4 Å². The summed E-state index contributed by atoms with van der Waals surface area (Å²) in [5.41, 5.74) is 4.35. The minimum absolute atomic E-state index is 0.126. The van der Waals surface area contributed by atoms with Gasteiger partial charge in [-0.05, 0) is 47.5 Å². The first-order valence-corrected chi connectivity index (χ1v) is 12.8. The lowest BCUT2D eigenvalue weighted by Gasteiger charge is -2.12. The van der Waals surface area contributed by atoms with Crippen LogP contribution in [-0.4, -0.2) is 39.2 Å². The van der Waals surface area contributed by atoms with Gasteiger partial charge in [-0.25, -0.2) is 22.3 Å². The van der Waals surface area contributed by atoms with E-state index < -0.39 is 9.84 Å². The maximum atomic E-state index is 13.5. The highest BCUT2D eigenvalue weighted by molar-refractivity contribution is 7.89. The minimum Gasteiger partial charge on any atom is -0.363 e. The lowest BCUT2D eigenvalue weighted by atomic mass is 10.1. The summed E-state index contributed by atoms with van der Waals surface area (Å²) in [6.45, 7) is 0.424. The van der Waals surface area contributed by atoms with E-state index in [0.29, 0.717) is 29.3 Å². The molecular formula is C25H21FN6O2S. The molecule has 0 aliphatic carbocycles. The minimum atomic E-state index is -3.22. The Bertz CT molecular complexity index is 1600. The van der Waals surface area contributed by atoms with Crippen LogP contribution >= 0.6 is 0 Å². The zero-order valence-corrected chi connectivity index (χ0v) is 19.6. The SMILES string of the molecule is CS(=O)(=O)Cc1cncc(-c2nc(NCc3ccccn3)c3c(-c4ccc(F)cc4)ccn3n2)c1. The first-order chi connectivity index (χ1) is 16.9. The number of hydrogen-bond acceptors (Lipinski definition) is 7. The molecule has 4 heterocycles. The Labute approximate surface area is 201 Å². The molecule has 4 aromatic heterocycles. The van der Waals surface area contributed by atoms with Gasteiger partial charge in [0, 0.05) is 42.2 Å². The van der Waals surface area contributed by atoms with E-state index in [1.807, 2.05) is 24.3 Å². The maximum absolute atomic E-state index is 13.5. The lowest BCUT2D eigenvalue weighted by molar-refractivity contribution is 0.601. The number of benzene rings is 1. The van der Waals surface area contributed by atoms with E-state index in [4.69, 9.17) is 4.98 Å². The van der Waals surface area contributed by atoms with Gasteiger partial charge < -0.3 is 5.32 Å². The maximum Gasteiger partial charge on any atom is 0.183 e. The molecule has 0 radical (unpaired) electrons. The van der Waals surface area contributed by atoms with Crippen LogP contribution in [0.2, 0.25) is 0 Å². The summed E-state index contributed by atoms with van der Waals surface area (Å²) < 4.78 is 38.7. The van der Waals surface area contributed by atoms with Crippen LogP contribution < -0.4 is 5.32 Å². The van der Waals surface area contributed by atoms with Crippen molar-refractivity contribution in [3.8, 4) is 22.5 Å². The zero-order chi connectivity index (χ0) is 24.4. The van der Waals surface area contributed by atoms with Crippen LogP contribution in [0.4, 0.5) is 10.2 Å². The summed E-state index contributed by atoms with van der Waals surface area (Å²) in [7, 11) is -3.22. The van der Waals surface area contributed by atoms with Gasteiger partial charge in [0.25, 0.3) is 0 Å². The molecule has 5 rings (SSSR count). The molecule has 0 spiro atoms. The Morgan fingerprint density at radius 2 is 1.86 bits per heavy atom. The summed E-state index contributed by atoms with van der Waals surface area (Å²) >= 11 is 0. The number of sulfone groups is 1. The second-order valence-electron chi connectivity index (χ2n) is 8.14. The molecule has 8 nitrogen and oxygen atoms in total. The Hall–Kier alpha value is -4.18. The van der Waals surface area contributed by atoms with Gasteiger partial charge >= 0.3 is 0 Å². The molecule has 0 saturated heterocycles. The second-order valence-corrected chi connectivity index (χ2v) is 10.3. The fourth-order valence-corrected chi connectivity index (χ4v) is 4.56. The van der Waals surface area contributed by atoms with Gasteiger partial charge in [-0.15, -0.1) is 5.10 Å². The molecule has 0 amide bonds. The highest BCUT2D eigenvalue weighted by Gasteiger charge is 2.16. The number of fused-ring (bicyclic) bond motifs is 1. The highest BCUT2D eigenvalue weighted by atomic mass is 32.2. The molecule has 35 heavy (non-hydrogen) atoms. The molecule has 176 valence electrons. The number of rotatable bonds is 7. The topological polar surface area (TPSA) is 102 Å². The monoisotopic (exact) mass is 488 g/mol. The standard InChI is InChI=1S/C25H21FN6O2S/c1-35(33,34)16-17-12-19(14-27-13-17)24-30-25(29-15-21-4-2-3-10-28-21)23-22(9-11-32(23)31-24)18-5-7-20(26)8-6-18/h2-14H,15-16H2,1H3,(H,29,30,31). The van der Waals surface area contributed by atoms with Crippen molar-refractivity contribution in [3.05, 3.63) is 96.5 Å². The van der Waals surface area contributed by atoms with E-state index in [9.17, 15) is 12.8 Å². The van der Waals surface area contributed by atoms with Crippen molar-refractivity contribution in [2.24, 2.45) is 0 Å².